The summed E-state index contributed by atoms with van der Waals surface area (Å²) in [5, 5.41) is 9.74. The maximum atomic E-state index is 13.1. The fraction of sp³-hybridized carbons (Fsp3) is 0.375. The Morgan fingerprint density at radius 2 is 1.92 bits per heavy atom. The number of aliphatic carboxylic acids is 1. The smallest absolute Gasteiger partial charge is 0.393 e. The van der Waals surface area contributed by atoms with Gasteiger partial charge in [-0.1, -0.05) is 24.3 Å². The van der Waals surface area contributed by atoms with E-state index >= 15 is 0 Å². The highest BCUT2D eigenvalue weighted by atomic mass is 32.2. The first-order valence-corrected chi connectivity index (χ1v) is 9.30. The van der Waals surface area contributed by atoms with Crippen molar-refractivity contribution < 1.29 is 31.5 Å². The SMILES string of the molecule is O=C(O)[C@@H]1CN(S(=O)(=O)Cc2cccc3cccnc23)C[C@H]1C(F)(F)F. The monoisotopic (exact) mass is 388 g/mol. The molecule has 0 amide bonds. The molecule has 1 aromatic heterocycles. The summed E-state index contributed by atoms with van der Waals surface area (Å²) in [4.78, 5) is 15.3. The van der Waals surface area contributed by atoms with Crippen molar-refractivity contribution in [2.24, 2.45) is 11.8 Å². The van der Waals surface area contributed by atoms with Gasteiger partial charge in [-0.05, 0) is 11.6 Å². The van der Waals surface area contributed by atoms with Crippen molar-refractivity contribution in [1.29, 1.82) is 0 Å². The predicted octanol–water partition coefficient (Wildman–Crippen LogP) is 2.26. The number of fused-ring (bicyclic) bond motifs is 1. The van der Waals surface area contributed by atoms with Crippen molar-refractivity contribution in [2.75, 3.05) is 13.1 Å². The highest BCUT2D eigenvalue weighted by Gasteiger charge is 2.54. The van der Waals surface area contributed by atoms with Crippen LogP contribution in [0.2, 0.25) is 0 Å². The first-order chi connectivity index (χ1) is 12.1. The third-order valence-corrected chi connectivity index (χ3v) is 6.23. The topological polar surface area (TPSA) is 87.6 Å². The molecule has 0 radical (unpaired) electrons. The number of hydrogen-bond donors (Lipinski definition) is 1. The lowest BCUT2D eigenvalue weighted by Gasteiger charge is -2.18. The summed E-state index contributed by atoms with van der Waals surface area (Å²) >= 11 is 0. The van der Waals surface area contributed by atoms with Crippen molar-refractivity contribution in [2.45, 2.75) is 11.9 Å². The minimum absolute atomic E-state index is 0.352. The number of carboxylic acids is 1. The molecular formula is C16H15F3N2O4S. The molecule has 0 saturated carbocycles. The average molecular weight is 388 g/mol. The predicted molar refractivity (Wildman–Crippen MR) is 86.6 cm³/mol. The van der Waals surface area contributed by atoms with Gasteiger partial charge in [0.15, 0.2) is 0 Å². The molecule has 1 aromatic carbocycles. The number of hydrogen-bond acceptors (Lipinski definition) is 4. The molecule has 1 saturated heterocycles. The maximum absolute atomic E-state index is 13.1. The van der Waals surface area contributed by atoms with Gasteiger partial charge in [0.05, 0.1) is 23.1 Å². The minimum atomic E-state index is -4.78. The summed E-state index contributed by atoms with van der Waals surface area (Å²) in [5.74, 6) is -6.23. The van der Waals surface area contributed by atoms with Crippen LogP contribution in [0.15, 0.2) is 36.5 Å². The summed E-state index contributed by atoms with van der Waals surface area (Å²) in [7, 11) is -4.13. The third kappa shape index (κ3) is 3.51. The summed E-state index contributed by atoms with van der Waals surface area (Å²) in [5.41, 5.74) is 0.797. The molecule has 26 heavy (non-hydrogen) atoms. The summed E-state index contributed by atoms with van der Waals surface area (Å²) in [6.45, 7) is -1.58. The standard InChI is InChI=1S/C16H15F3N2O4S/c17-16(18,19)13-8-21(7-12(13)15(22)23)26(24,25)9-11-4-1-3-10-5-2-6-20-14(10)11/h1-6,12-13H,7-9H2,(H,22,23)/t12-,13-/m1/s1. The van der Waals surface area contributed by atoms with Gasteiger partial charge in [-0.25, -0.2) is 12.7 Å². The van der Waals surface area contributed by atoms with Gasteiger partial charge in [0.2, 0.25) is 10.0 Å². The van der Waals surface area contributed by atoms with Gasteiger partial charge >= 0.3 is 12.1 Å². The van der Waals surface area contributed by atoms with Crippen molar-refractivity contribution >= 4 is 26.9 Å². The number of carbonyl (C=O) groups is 1. The number of pyridine rings is 1. The van der Waals surface area contributed by atoms with Crippen LogP contribution in [0.1, 0.15) is 5.56 Å². The normalized spacial score (nSPS) is 22.0. The van der Waals surface area contributed by atoms with Gasteiger partial charge in [0, 0.05) is 24.7 Å². The van der Waals surface area contributed by atoms with E-state index in [1.807, 2.05) is 0 Å². The quantitative estimate of drug-likeness (QED) is 0.868. The van der Waals surface area contributed by atoms with E-state index in [0.29, 0.717) is 20.8 Å². The Morgan fingerprint density at radius 3 is 2.54 bits per heavy atom. The number of para-hydroxylation sites is 1. The molecule has 1 N–H and O–H groups in total. The lowest BCUT2D eigenvalue weighted by Crippen LogP contribution is -2.34. The third-order valence-electron chi connectivity index (χ3n) is 4.47. The summed E-state index contributed by atoms with van der Waals surface area (Å²) in [6, 6.07) is 8.35. The van der Waals surface area contributed by atoms with Crippen LogP contribution in [0.3, 0.4) is 0 Å². The van der Waals surface area contributed by atoms with E-state index in [2.05, 4.69) is 4.98 Å². The van der Waals surface area contributed by atoms with Crippen molar-refractivity contribution in [3.05, 3.63) is 42.1 Å². The number of alkyl halides is 3. The van der Waals surface area contributed by atoms with E-state index in [1.165, 1.54) is 6.20 Å². The Balaban J connectivity index is 1.90. The van der Waals surface area contributed by atoms with Crippen molar-refractivity contribution in [1.82, 2.24) is 9.29 Å². The molecule has 10 heteroatoms. The number of aromatic nitrogens is 1. The number of carboxylic acid groups (broad SMARTS) is 1. The molecule has 2 heterocycles. The average Bonchev–Trinajstić information content (AvgIpc) is 3.02. The molecule has 1 aliphatic heterocycles. The molecule has 3 rings (SSSR count). The minimum Gasteiger partial charge on any atom is -0.481 e. The Kier molecular flexibility index (Phi) is 4.65. The molecule has 0 aliphatic carbocycles. The number of sulfonamides is 1. The zero-order valence-corrected chi connectivity index (χ0v) is 14.2. The van der Waals surface area contributed by atoms with E-state index in [0.717, 1.165) is 0 Å². The van der Waals surface area contributed by atoms with Gasteiger partial charge in [0.25, 0.3) is 0 Å². The molecule has 2 atom stereocenters. The largest absolute Gasteiger partial charge is 0.481 e. The molecule has 2 aromatic rings. The molecule has 6 nitrogen and oxygen atoms in total. The van der Waals surface area contributed by atoms with Gasteiger partial charge in [-0.2, -0.15) is 13.2 Å². The van der Waals surface area contributed by atoms with Gasteiger partial charge in [-0.3, -0.25) is 9.78 Å². The molecule has 0 unspecified atom stereocenters. The zero-order chi connectivity index (χ0) is 19.1. The van der Waals surface area contributed by atoms with Crippen LogP contribution in [-0.4, -0.2) is 48.0 Å². The van der Waals surface area contributed by atoms with E-state index in [9.17, 15) is 26.4 Å². The van der Waals surface area contributed by atoms with Crippen LogP contribution >= 0.6 is 0 Å². The van der Waals surface area contributed by atoms with Crippen LogP contribution in [0, 0.1) is 11.8 Å². The fourth-order valence-corrected chi connectivity index (χ4v) is 4.73. The van der Waals surface area contributed by atoms with Crippen molar-refractivity contribution in [3.8, 4) is 0 Å². The van der Waals surface area contributed by atoms with Gasteiger partial charge < -0.3 is 5.11 Å². The lowest BCUT2D eigenvalue weighted by atomic mass is 9.96. The molecule has 1 aliphatic rings. The van der Waals surface area contributed by atoms with Crippen LogP contribution in [-0.2, 0) is 20.6 Å². The Bertz CT molecular complexity index is 941. The van der Waals surface area contributed by atoms with Gasteiger partial charge in [-0.15, -0.1) is 0 Å². The van der Waals surface area contributed by atoms with E-state index in [-0.39, 0.29) is 0 Å². The highest BCUT2D eigenvalue weighted by molar-refractivity contribution is 7.88. The zero-order valence-electron chi connectivity index (χ0n) is 13.3. The lowest BCUT2D eigenvalue weighted by molar-refractivity contribution is -0.187. The highest BCUT2D eigenvalue weighted by Crippen LogP contribution is 2.39. The van der Waals surface area contributed by atoms with Crippen LogP contribution in [0.25, 0.3) is 10.9 Å². The molecule has 0 bridgehead atoms. The summed E-state index contributed by atoms with van der Waals surface area (Å²) in [6.07, 6.45) is -3.29. The number of nitrogens with zero attached hydrogens (tertiary/aromatic N) is 2. The van der Waals surface area contributed by atoms with E-state index in [4.69, 9.17) is 5.11 Å². The van der Waals surface area contributed by atoms with Gasteiger partial charge in [0.1, 0.15) is 0 Å². The van der Waals surface area contributed by atoms with Crippen LogP contribution in [0.5, 0.6) is 0 Å². The molecule has 0 spiro atoms. The Labute approximate surface area is 147 Å². The number of benzene rings is 1. The second-order valence-corrected chi connectivity index (χ2v) is 8.13. The maximum Gasteiger partial charge on any atom is 0.393 e. The molecular weight excluding hydrogens is 373 g/mol. The Morgan fingerprint density at radius 1 is 1.23 bits per heavy atom. The van der Waals surface area contributed by atoms with E-state index in [1.54, 1.807) is 30.3 Å². The van der Waals surface area contributed by atoms with Crippen LogP contribution in [0.4, 0.5) is 13.2 Å². The van der Waals surface area contributed by atoms with Crippen LogP contribution < -0.4 is 0 Å². The molecule has 140 valence electrons. The number of halogens is 3. The van der Waals surface area contributed by atoms with Crippen molar-refractivity contribution in [3.63, 3.8) is 0 Å². The second-order valence-electron chi connectivity index (χ2n) is 6.16. The molecule has 1 fully saturated rings. The number of rotatable bonds is 4. The first-order valence-electron chi connectivity index (χ1n) is 7.69. The summed E-state index contributed by atoms with van der Waals surface area (Å²) < 4.78 is 65.1. The fourth-order valence-electron chi connectivity index (χ4n) is 3.15. The van der Waals surface area contributed by atoms with E-state index < -0.39 is 52.8 Å². The second kappa shape index (κ2) is 6.51. The first kappa shape index (κ1) is 18.6. The Hall–Kier alpha value is -2.20.